The van der Waals surface area contributed by atoms with Crippen molar-refractivity contribution in [3.05, 3.63) is 33.3 Å². The van der Waals surface area contributed by atoms with E-state index < -0.39 is 0 Å². The summed E-state index contributed by atoms with van der Waals surface area (Å²) in [5.41, 5.74) is 0.664. The summed E-state index contributed by atoms with van der Waals surface area (Å²) in [5.74, 6) is 0.109. The molecule has 0 aliphatic rings. The molecular weight excluding hydrogens is 241 g/mol. The van der Waals surface area contributed by atoms with Crippen molar-refractivity contribution in [3.63, 3.8) is 0 Å². The molecule has 0 amide bonds. The van der Waals surface area contributed by atoms with Gasteiger partial charge in [-0.25, -0.2) is 0 Å². The first kappa shape index (κ1) is 9.55. The molecular formula is C8H7BrClNO. The molecule has 0 unspecified atom stereocenters. The first-order valence-corrected chi connectivity index (χ1v) is 4.39. The zero-order chi connectivity index (χ0) is 9.14. The zero-order valence-corrected chi connectivity index (χ0v) is 8.74. The van der Waals surface area contributed by atoms with Crippen molar-refractivity contribution in [2.45, 2.75) is 0 Å². The third kappa shape index (κ3) is 2.22. The first-order chi connectivity index (χ1) is 5.63. The Labute approximate surface area is 84.1 Å². The van der Waals surface area contributed by atoms with Gasteiger partial charge >= 0.3 is 0 Å². The lowest BCUT2D eigenvalue weighted by molar-refractivity contribution is 0.401. The molecule has 0 spiro atoms. The van der Waals surface area contributed by atoms with Crippen molar-refractivity contribution in [2.24, 2.45) is 0 Å². The Balaban J connectivity index is 3.08. The summed E-state index contributed by atoms with van der Waals surface area (Å²) < 4.78 is 5.59. The Morgan fingerprint density at radius 1 is 1.50 bits per heavy atom. The van der Waals surface area contributed by atoms with Crippen LogP contribution < -0.4 is 0 Å². The van der Waals surface area contributed by atoms with E-state index in [0.29, 0.717) is 10.6 Å². The molecule has 12 heavy (non-hydrogen) atoms. The number of rotatable bonds is 1. The quantitative estimate of drug-likeness (QED) is 0.601. The number of hydrogen-bond acceptors (Lipinski definition) is 2. The van der Waals surface area contributed by atoms with Gasteiger partial charge < -0.3 is 4.74 Å². The van der Waals surface area contributed by atoms with Crippen molar-refractivity contribution in [1.29, 1.82) is 5.41 Å². The number of halogens is 2. The predicted octanol–water partition coefficient (Wildman–Crippen LogP) is 3.07. The maximum absolute atomic E-state index is 7.37. The summed E-state index contributed by atoms with van der Waals surface area (Å²) in [7, 11) is 1.46. The molecule has 0 aliphatic heterocycles. The molecule has 1 N–H and O–H groups in total. The maximum Gasteiger partial charge on any atom is 0.213 e. The Bertz CT molecular complexity index is 294. The highest BCUT2D eigenvalue weighted by atomic mass is 79.9. The van der Waals surface area contributed by atoms with Crippen LogP contribution in [0, 0.1) is 5.41 Å². The minimum absolute atomic E-state index is 0.109. The number of hydrogen-bond donors (Lipinski definition) is 1. The lowest BCUT2D eigenvalue weighted by atomic mass is 10.2. The van der Waals surface area contributed by atoms with Crippen LogP contribution in [0.3, 0.4) is 0 Å². The van der Waals surface area contributed by atoms with E-state index >= 15 is 0 Å². The van der Waals surface area contributed by atoms with E-state index in [4.69, 9.17) is 21.7 Å². The largest absolute Gasteiger partial charge is 0.481 e. The van der Waals surface area contributed by atoms with Crippen LogP contribution in [0.5, 0.6) is 0 Å². The third-order valence-corrected chi connectivity index (χ3v) is 2.00. The van der Waals surface area contributed by atoms with Gasteiger partial charge in [-0.05, 0) is 18.2 Å². The monoisotopic (exact) mass is 247 g/mol. The van der Waals surface area contributed by atoms with Gasteiger partial charge in [-0.1, -0.05) is 27.5 Å². The number of benzene rings is 1. The van der Waals surface area contributed by atoms with Crippen LogP contribution in [0.25, 0.3) is 0 Å². The van der Waals surface area contributed by atoms with Crippen molar-refractivity contribution in [1.82, 2.24) is 0 Å². The lowest BCUT2D eigenvalue weighted by Gasteiger charge is -2.02. The zero-order valence-electron chi connectivity index (χ0n) is 6.40. The van der Waals surface area contributed by atoms with Gasteiger partial charge in [-0.3, -0.25) is 5.41 Å². The molecule has 0 aliphatic carbocycles. The van der Waals surface area contributed by atoms with Gasteiger partial charge in [0.25, 0.3) is 0 Å². The summed E-state index contributed by atoms with van der Waals surface area (Å²) in [6.45, 7) is 0. The highest BCUT2D eigenvalue weighted by Crippen LogP contribution is 2.19. The van der Waals surface area contributed by atoms with E-state index in [1.54, 1.807) is 18.2 Å². The second-order valence-electron chi connectivity index (χ2n) is 2.19. The minimum atomic E-state index is 0.109. The molecule has 0 heterocycles. The lowest BCUT2D eigenvalue weighted by Crippen LogP contribution is -2.00. The molecule has 64 valence electrons. The van der Waals surface area contributed by atoms with Crippen molar-refractivity contribution < 1.29 is 4.74 Å². The number of methoxy groups -OCH3 is 1. The Morgan fingerprint density at radius 3 is 2.67 bits per heavy atom. The van der Waals surface area contributed by atoms with Crippen LogP contribution in [-0.4, -0.2) is 13.0 Å². The number of nitrogens with one attached hydrogen (secondary N) is 1. The highest BCUT2D eigenvalue weighted by Gasteiger charge is 2.02. The second-order valence-corrected chi connectivity index (χ2v) is 3.54. The molecule has 0 saturated carbocycles. The molecule has 0 bridgehead atoms. The van der Waals surface area contributed by atoms with Crippen LogP contribution in [-0.2, 0) is 4.74 Å². The third-order valence-electron chi connectivity index (χ3n) is 1.33. The Morgan fingerprint density at radius 2 is 2.17 bits per heavy atom. The predicted molar refractivity (Wildman–Crippen MR) is 53.0 cm³/mol. The fourth-order valence-corrected chi connectivity index (χ4v) is 1.66. The van der Waals surface area contributed by atoms with Crippen LogP contribution in [0.2, 0.25) is 5.02 Å². The van der Waals surface area contributed by atoms with Gasteiger partial charge in [0.05, 0.1) is 7.11 Å². The average molecular weight is 249 g/mol. The molecule has 0 aromatic heterocycles. The minimum Gasteiger partial charge on any atom is -0.481 e. The molecule has 2 nitrogen and oxygen atoms in total. The van der Waals surface area contributed by atoms with Gasteiger partial charge in [0.1, 0.15) is 0 Å². The summed E-state index contributed by atoms with van der Waals surface area (Å²) in [5, 5.41) is 7.95. The summed E-state index contributed by atoms with van der Waals surface area (Å²) in [6, 6.07) is 5.21. The standard InChI is InChI=1S/C8H7BrClNO/c1-12-8(11)5-2-6(9)4-7(10)3-5/h2-4,11H,1H3. The highest BCUT2D eigenvalue weighted by molar-refractivity contribution is 9.10. The van der Waals surface area contributed by atoms with Crippen molar-refractivity contribution in [2.75, 3.05) is 7.11 Å². The van der Waals surface area contributed by atoms with Crippen molar-refractivity contribution in [3.8, 4) is 0 Å². The summed E-state index contributed by atoms with van der Waals surface area (Å²) in [6.07, 6.45) is 0. The molecule has 1 aromatic rings. The molecule has 0 saturated heterocycles. The molecule has 4 heteroatoms. The Hall–Kier alpha value is -0.540. The fourth-order valence-electron chi connectivity index (χ4n) is 0.803. The second kappa shape index (κ2) is 3.92. The first-order valence-electron chi connectivity index (χ1n) is 3.22. The van der Waals surface area contributed by atoms with E-state index in [1.807, 2.05) is 0 Å². The van der Waals surface area contributed by atoms with Gasteiger partial charge in [0.15, 0.2) is 0 Å². The van der Waals surface area contributed by atoms with E-state index in [9.17, 15) is 0 Å². The normalized spacial score (nSPS) is 9.58. The fraction of sp³-hybridized carbons (Fsp3) is 0.125. The molecule has 0 atom stereocenters. The molecule has 0 fully saturated rings. The Kier molecular flexibility index (Phi) is 3.12. The van der Waals surface area contributed by atoms with E-state index in [-0.39, 0.29) is 5.90 Å². The molecule has 0 radical (unpaired) electrons. The smallest absolute Gasteiger partial charge is 0.213 e. The van der Waals surface area contributed by atoms with Gasteiger partial charge in [0.2, 0.25) is 5.90 Å². The summed E-state index contributed by atoms with van der Waals surface area (Å²) >= 11 is 9.04. The van der Waals surface area contributed by atoms with Crippen molar-refractivity contribution >= 4 is 33.4 Å². The van der Waals surface area contributed by atoms with Crippen LogP contribution in [0.1, 0.15) is 5.56 Å². The van der Waals surface area contributed by atoms with Crippen LogP contribution in [0.4, 0.5) is 0 Å². The van der Waals surface area contributed by atoms with Crippen LogP contribution >= 0.6 is 27.5 Å². The van der Waals surface area contributed by atoms with E-state index in [1.165, 1.54) is 7.11 Å². The van der Waals surface area contributed by atoms with E-state index in [0.717, 1.165) is 4.47 Å². The SMILES string of the molecule is COC(=N)c1cc(Cl)cc(Br)c1. The maximum atomic E-state index is 7.37. The van der Waals surface area contributed by atoms with Crippen LogP contribution in [0.15, 0.2) is 22.7 Å². The van der Waals surface area contributed by atoms with E-state index in [2.05, 4.69) is 15.9 Å². The molecule has 1 aromatic carbocycles. The topological polar surface area (TPSA) is 33.1 Å². The van der Waals surface area contributed by atoms with Gasteiger partial charge in [-0.15, -0.1) is 0 Å². The van der Waals surface area contributed by atoms with Gasteiger partial charge in [0, 0.05) is 15.1 Å². The summed E-state index contributed by atoms with van der Waals surface area (Å²) in [4.78, 5) is 0. The number of ether oxygens (including phenoxy) is 1. The van der Waals surface area contributed by atoms with Gasteiger partial charge in [-0.2, -0.15) is 0 Å². The average Bonchev–Trinajstić information content (AvgIpc) is 2.01. The molecule has 1 rings (SSSR count).